The van der Waals surface area contributed by atoms with E-state index in [1.807, 2.05) is 18.2 Å². The van der Waals surface area contributed by atoms with E-state index in [4.69, 9.17) is 0 Å². The monoisotopic (exact) mass is 337 g/mol. The van der Waals surface area contributed by atoms with Crippen LogP contribution in [0.25, 0.3) is 5.65 Å². The SMILES string of the molecule is O=C(NCC1CCCN1c1ccccc1)c1c[nH]n2c(=O)ccnc12. The van der Waals surface area contributed by atoms with E-state index in [1.54, 1.807) is 0 Å². The number of carbonyl (C=O) groups is 1. The molecule has 128 valence electrons. The number of hydrogen-bond acceptors (Lipinski definition) is 4. The van der Waals surface area contributed by atoms with Crippen LogP contribution in [-0.2, 0) is 0 Å². The Morgan fingerprint density at radius 3 is 2.96 bits per heavy atom. The normalized spacial score (nSPS) is 17.1. The van der Waals surface area contributed by atoms with Crippen molar-refractivity contribution in [3.8, 4) is 0 Å². The van der Waals surface area contributed by atoms with E-state index in [0.717, 1.165) is 19.4 Å². The van der Waals surface area contributed by atoms with Gasteiger partial charge in [-0.3, -0.25) is 14.7 Å². The molecule has 2 aromatic heterocycles. The molecule has 3 aromatic rings. The summed E-state index contributed by atoms with van der Waals surface area (Å²) < 4.78 is 1.26. The summed E-state index contributed by atoms with van der Waals surface area (Å²) in [4.78, 5) is 30.7. The van der Waals surface area contributed by atoms with Crippen LogP contribution < -0.4 is 15.8 Å². The van der Waals surface area contributed by atoms with Crippen LogP contribution in [0.3, 0.4) is 0 Å². The van der Waals surface area contributed by atoms with Gasteiger partial charge in [-0.1, -0.05) is 18.2 Å². The number of H-pyrrole nitrogens is 1. The smallest absolute Gasteiger partial charge is 0.272 e. The van der Waals surface area contributed by atoms with Gasteiger partial charge in [-0.05, 0) is 25.0 Å². The quantitative estimate of drug-likeness (QED) is 0.754. The van der Waals surface area contributed by atoms with E-state index in [-0.39, 0.29) is 17.5 Å². The summed E-state index contributed by atoms with van der Waals surface area (Å²) in [6.07, 6.45) is 5.08. The maximum Gasteiger partial charge on any atom is 0.272 e. The summed E-state index contributed by atoms with van der Waals surface area (Å²) in [5.74, 6) is -0.225. The maximum atomic E-state index is 12.5. The van der Waals surface area contributed by atoms with Crippen molar-refractivity contribution in [1.82, 2.24) is 19.9 Å². The Labute approximate surface area is 144 Å². The number of rotatable bonds is 4. The summed E-state index contributed by atoms with van der Waals surface area (Å²) in [5.41, 5.74) is 1.66. The van der Waals surface area contributed by atoms with Crippen molar-refractivity contribution in [2.75, 3.05) is 18.0 Å². The van der Waals surface area contributed by atoms with Crippen molar-refractivity contribution in [2.24, 2.45) is 0 Å². The van der Waals surface area contributed by atoms with E-state index in [9.17, 15) is 9.59 Å². The second kappa shape index (κ2) is 6.43. The number of anilines is 1. The number of amides is 1. The van der Waals surface area contributed by atoms with Crippen LogP contribution >= 0.6 is 0 Å². The van der Waals surface area contributed by atoms with E-state index in [1.165, 1.54) is 28.7 Å². The lowest BCUT2D eigenvalue weighted by atomic mass is 10.2. The molecule has 1 atom stereocenters. The minimum atomic E-state index is -0.241. The van der Waals surface area contributed by atoms with Crippen molar-refractivity contribution < 1.29 is 4.79 Å². The highest BCUT2D eigenvalue weighted by Crippen LogP contribution is 2.24. The molecule has 1 saturated heterocycles. The highest BCUT2D eigenvalue weighted by molar-refractivity contribution is 5.99. The van der Waals surface area contributed by atoms with Gasteiger partial charge in [0.15, 0.2) is 5.65 Å². The zero-order chi connectivity index (χ0) is 17.2. The Morgan fingerprint density at radius 1 is 1.28 bits per heavy atom. The van der Waals surface area contributed by atoms with Crippen LogP contribution in [0.4, 0.5) is 5.69 Å². The molecule has 7 nitrogen and oxygen atoms in total. The van der Waals surface area contributed by atoms with Gasteiger partial charge in [0.1, 0.15) is 5.56 Å². The van der Waals surface area contributed by atoms with Crippen LogP contribution in [0.2, 0.25) is 0 Å². The predicted molar refractivity (Wildman–Crippen MR) is 95.0 cm³/mol. The number of hydrogen-bond donors (Lipinski definition) is 2. The number of nitrogens with one attached hydrogen (secondary N) is 2. The van der Waals surface area contributed by atoms with Gasteiger partial charge in [0.25, 0.3) is 11.5 Å². The predicted octanol–water partition coefficient (Wildman–Crippen LogP) is 1.42. The first kappa shape index (κ1) is 15.4. The molecular weight excluding hydrogens is 318 g/mol. The highest BCUT2D eigenvalue weighted by atomic mass is 16.2. The van der Waals surface area contributed by atoms with Gasteiger partial charge in [0.2, 0.25) is 0 Å². The highest BCUT2D eigenvalue weighted by Gasteiger charge is 2.25. The standard InChI is InChI=1S/C18H19N5O2/c24-16-8-9-19-17-15(12-21-23(16)17)18(25)20-11-14-7-4-10-22(14)13-5-2-1-3-6-13/h1-3,5-6,8-9,12,14,21H,4,7,10-11H2,(H,20,25). The van der Waals surface area contributed by atoms with Crippen molar-refractivity contribution >= 4 is 17.2 Å². The Balaban J connectivity index is 1.48. The minimum absolute atomic E-state index is 0.225. The first-order valence-corrected chi connectivity index (χ1v) is 8.39. The first-order valence-electron chi connectivity index (χ1n) is 8.39. The fraction of sp³-hybridized carbons (Fsp3) is 0.278. The number of nitrogens with zero attached hydrogens (tertiary/aromatic N) is 3. The van der Waals surface area contributed by atoms with Gasteiger partial charge in [-0.2, -0.15) is 0 Å². The average molecular weight is 337 g/mol. The second-order valence-corrected chi connectivity index (χ2v) is 6.16. The number of benzene rings is 1. The molecule has 0 bridgehead atoms. The summed E-state index contributed by atoms with van der Waals surface area (Å²) >= 11 is 0. The van der Waals surface area contributed by atoms with E-state index in [0.29, 0.717) is 17.8 Å². The van der Waals surface area contributed by atoms with Gasteiger partial charge in [-0.15, -0.1) is 0 Å². The van der Waals surface area contributed by atoms with E-state index in [2.05, 4.69) is 32.4 Å². The molecule has 1 aliphatic rings. The van der Waals surface area contributed by atoms with Gasteiger partial charge < -0.3 is 10.2 Å². The number of para-hydroxylation sites is 1. The molecular formula is C18H19N5O2. The van der Waals surface area contributed by atoms with Crippen molar-refractivity contribution in [2.45, 2.75) is 18.9 Å². The average Bonchev–Trinajstić information content (AvgIpc) is 3.28. The Hall–Kier alpha value is -3.09. The zero-order valence-corrected chi connectivity index (χ0v) is 13.7. The van der Waals surface area contributed by atoms with Crippen LogP contribution in [0.5, 0.6) is 0 Å². The Kier molecular flexibility index (Phi) is 3.97. The summed E-state index contributed by atoms with van der Waals surface area (Å²) in [6.45, 7) is 1.55. The molecule has 1 amide bonds. The molecule has 0 radical (unpaired) electrons. The minimum Gasteiger partial charge on any atom is -0.367 e. The molecule has 1 fully saturated rings. The molecule has 0 saturated carbocycles. The Morgan fingerprint density at radius 2 is 2.12 bits per heavy atom. The number of fused-ring (bicyclic) bond motifs is 1. The van der Waals surface area contributed by atoms with Crippen LogP contribution in [0.15, 0.2) is 53.6 Å². The molecule has 0 spiro atoms. The molecule has 3 heterocycles. The molecule has 1 aromatic carbocycles. The number of aromatic nitrogens is 3. The topological polar surface area (TPSA) is 82.5 Å². The molecule has 4 rings (SSSR count). The largest absolute Gasteiger partial charge is 0.367 e. The van der Waals surface area contributed by atoms with Crippen molar-refractivity contribution in [1.29, 1.82) is 0 Å². The van der Waals surface area contributed by atoms with Crippen LogP contribution in [0, 0.1) is 0 Å². The fourth-order valence-corrected chi connectivity index (χ4v) is 3.40. The zero-order valence-electron chi connectivity index (χ0n) is 13.7. The van der Waals surface area contributed by atoms with E-state index >= 15 is 0 Å². The third-order valence-corrected chi connectivity index (χ3v) is 4.63. The van der Waals surface area contributed by atoms with Gasteiger partial charge in [0, 0.05) is 43.3 Å². The van der Waals surface area contributed by atoms with Crippen LogP contribution in [0.1, 0.15) is 23.2 Å². The Bertz CT molecular complexity index is 947. The summed E-state index contributed by atoms with van der Waals surface area (Å²) in [6, 6.07) is 11.9. The van der Waals surface area contributed by atoms with Gasteiger partial charge >= 0.3 is 0 Å². The number of carbonyl (C=O) groups excluding carboxylic acids is 1. The molecule has 1 unspecified atom stereocenters. The lowest BCUT2D eigenvalue weighted by Crippen LogP contribution is -2.40. The lowest BCUT2D eigenvalue weighted by molar-refractivity contribution is 0.0953. The lowest BCUT2D eigenvalue weighted by Gasteiger charge is -2.27. The molecule has 1 aliphatic heterocycles. The van der Waals surface area contributed by atoms with Crippen LogP contribution in [-0.4, -0.2) is 39.6 Å². The van der Waals surface area contributed by atoms with Gasteiger partial charge in [-0.25, -0.2) is 9.50 Å². The van der Waals surface area contributed by atoms with Crippen molar-refractivity contribution in [3.05, 3.63) is 64.7 Å². The molecule has 25 heavy (non-hydrogen) atoms. The first-order chi connectivity index (χ1) is 12.2. The second-order valence-electron chi connectivity index (χ2n) is 6.16. The van der Waals surface area contributed by atoms with Gasteiger partial charge in [0.05, 0.1) is 0 Å². The maximum absolute atomic E-state index is 12.5. The molecule has 7 heteroatoms. The molecule has 0 aliphatic carbocycles. The summed E-state index contributed by atoms with van der Waals surface area (Å²) in [5, 5.41) is 5.75. The van der Waals surface area contributed by atoms with Crippen molar-refractivity contribution in [3.63, 3.8) is 0 Å². The third-order valence-electron chi connectivity index (χ3n) is 4.63. The van der Waals surface area contributed by atoms with E-state index < -0.39 is 0 Å². The third kappa shape index (κ3) is 2.88. The summed E-state index contributed by atoms with van der Waals surface area (Å²) in [7, 11) is 0. The molecule has 2 N–H and O–H groups in total. The number of aromatic amines is 1. The fourth-order valence-electron chi connectivity index (χ4n) is 3.40.